The van der Waals surface area contributed by atoms with Crippen molar-refractivity contribution in [2.45, 2.75) is 19.1 Å². The van der Waals surface area contributed by atoms with Crippen molar-refractivity contribution in [3.63, 3.8) is 0 Å². The van der Waals surface area contributed by atoms with Gasteiger partial charge in [0.1, 0.15) is 12.1 Å². The molecule has 1 saturated heterocycles. The molecule has 1 aliphatic heterocycles. The predicted molar refractivity (Wildman–Crippen MR) is 61.3 cm³/mol. The summed E-state index contributed by atoms with van der Waals surface area (Å²) in [6, 6.07) is -0.449. The summed E-state index contributed by atoms with van der Waals surface area (Å²) in [6.45, 7) is 2.80. The van der Waals surface area contributed by atoms with Gasteiger partial charge in [-0.15, -0.1) is 12.4 Å². The fraction of sp³-hybridized carbons (Fsp3) is 0.778. The van der Waals surface area contributed by atoms with Crippen LogP contribution < -0.4 is 11.1 Å². The average molecular weight is 252 g/mol. The number of carbonyl (C=O) groups excluding carboxylic acids is 2. The number of carbonyl (C=O) groups is 2. The number of amides is 2. The Kier molecular flexibility index (Phi) is 6.32. The van der Waals surface area contributed by atoms with Crippen molar-refractivity contribution in [2.75, 3.05) is 26.7 Å². The van der Waals surface area contributed by atoms with Crippen LogP contribution in [-0.2, 0) is 14.3 Å². The molecule has 2 amide bonds. The molecular formula is C9H18ClN3O3. The highest BCUT2D eigenvalue weighted by atomic mass is 35.5. The Morgan fingerprint density at radius 2 is 2.38 bits per heavy atom. The van der Waals surface area contributed by atoms with Gasteiger partial charge in [-0.1, -0.05) is 0 Å². The fourth-order valence-corrected chi connectivity index (χ4v) is 1.57. The van der Waals surface area contributed by atoms with Crippen LogP contribution in [0.25, 0.3) is 0 Å². The standard InChI is InChI=1S/C9H17N3O3.ClH/c1-6-8(13)11-3-4-12(6)9(14)7(5-10)15-2;/h6-7H,3-5,10H2,1-2H3,(H,11,13);1H. The Balaban J connectivity index is 0.00000225. The van der Waals surface area contributed by atoms with Crippen molar-refractivity contribution in [2.24, 2.45) is 5.73 Å². The number of hydrogen-bond donors (Lipinski definition) is 2. The van der Waals surface area contributed by atoms with Crippen molar-refractivity contribution in [3.05, 3.63) is 0 Å². The molecule has 6 nitrogen and oxygen atoms in total. The maximum Gasteiger partial charge on any atom is 0.253 e. The molecule has 0 radical (unpaired) electrons. The van der Waals surface area contributed by atoms with E-state index in [4.69, 9.17) is 10.5 Å². The Morgan fingerprint density at radius 1 is 1.75 bits per heavy atom. The quantitative estimate of drug-likeness (QED) is 0.655. The Hall–Kier alpha value is -0.850. The summed E-state index contributed by atoms with van der Waals surface area (Å²) in [5.41, 5.74) is 5.40. The fourth-order valence-electron chi connectivity index (χ4n) is 1.57. The lowest BCUT2D eigenvalue weighted by Crippen LogP contribution is -2.58. The predicted octanol–water partition coefficient (Wildman–Crippen LogP) is -1.27. The Bertz CT molecular complexity index is 258. The SMILES string of the molecule is COC(CN)C(=O)N1CCNC(=O)C1C.Cl. The summed E-state index contributed by atoms with van der Waals surface area (Å²) >= 11 is 0. The van der Waals surface area contributed by atoms with E-state index in [2.05, 4.69) is 5.32 Å². The summed E-state index contributed by atoms with van der Waals surface area (Å²) in [6.07, 6.45) is -0.654. The summed E-state index contributed by atoms with van der Waals surface area (Å²) in [7, 11) is 1.43. The molecule has 0 aromatic rings. The second kappa shape index (κ2) is 6.67. The minimum absolute atomic E-state index is 0. The average Bonchev–Trinajstić information content (AvgIpc) is 2.23. The lowest BCUT2D eigenvalue weighted by molar-refractivity contribution is -0.149. The minimum atomic E-state index is -0.654. The van der Waals surface area contributed by atoms with Crippen LogP contribution in [-0.4, -0.2) is 55.6 Å². The first kappa shape index (κ1) is 15.2. The Morgan fingerprint density at radius 3 is 2.88 bits per heavy atom. The molecule has 0 bridgehead atoms. The molecule has 0 aliphatic carbocycles. The molecule has 16 heavy (non-hydrogen) atoms. The van der Waals surface area contributed by atoms with Gasteiger partial charge in [0, 0.05) is 26.7 Å². The van der Waals surface area contributed by atoms with Crippen LogP contribution >= 0.6 is 12.4 Å². The molecule has 0 saturated carbocycles. The molecule has 1 fully saturated rings. The normalized spacial score (nSPS) is 22.1. The number of nitrogens with zero attached hydrogens (tertiary/aromatic N) is 1. The first-order valence-corrected chi connectivity index (χ1v) is 4.92. The molecule has 94 valence electrons. The van der Waals surface area contributed by atoms with Crippen LogP contribution in [0.15, 0.2) is 0 Å². The van der Waals surface area contributed by atoms with Crippen molar-refractivity contribution < 1.29 is 14.3 Å². The van der Waals surface area contributed by atoms with Crippen molar-refractivity contribution in [1.82, 2.24) is 10.2 Å². The van der Waals surface area contributed by atoms with Gasteiger partial charge < -0.3 is 20.7 Å². The highest BCUT2D eigenvalue weighted by molar-refractivity contribution is 5.90. The molecule has 0 aromatic heterocycles. The lowest BCUT2D eigenvalue weighted by atomic mass is 10.1. The van der Waals surface area contributed by atoms with Gasteiger partial charge >= 0.3 is 0 Å². The monoisotopic (exact) mass is 251 g/mol. The highest BCUT2D eigenvalue weighted by Gasteiger charge is 2.32. The van der Waals surface area contributed by atoms with E-state index in [0.29, 0.717) is 13.1 Å². The molecular weight excluding hydrogens is 234 g/mol. The van der Waals surface area contributed by atoms with E-state index in [-0.39, 0.29) is 30.8 Å². The second-order valence-corrected chi connectivity index (χ2v) is 3.46. The lowest BCUT2D eigenvalue weighted by Gasteiger charge is -2.34. The van der Waals surface area contributed by atoms with E-state index in [0.717, 1.165) is 0 Å². The van der Waals surface area contributed by atoms with Crippen LogP contribution in [0.1, 0.15) is 6.92 Å². The zero-order valence-electron chi connectivity index (χ0n) is 9.43. The van der Waals surface area contributed by atoms with Crippen LogP contribution in [0.4, 0.5) is 0 Å². The molecule has 2 atom stereocenters. The first-order valence-electron chi connectivity index (χ1n) is 4.92. The van der Waals surface area contributed by atoms with Crippen molar-refractivity contribution in [3.8, 4) is 0 Å². The number of nitrogens with one attached hydrogen (secondary N) is 1. The molecule has 1 rings (SSSR count). The van der Waals surface area contributed by atoms with Gasteiger partial charge in [-0.2, -0.15) is 0 Å². The molecule has 0 spiro atoms. The number of rotatable bonds is 3. The van der Waals surface area contributed by atoms with E-state index < -0.39 is 12.1 Å². The van der Waals surface area contributed by atoms with E-state index >= 15 is 0 Å². The largest absolute Gasteiger partial charge is 0.370 e. The molecule has 2 unspecified atom stereocenters. The van der Waals surface area contributed by atoms with Crippen LogP contribution in [0.2, 0.25) is 0 Å². The molecule has 3 N–H and O–H groups in total. The van der Waals surface area contributed by atoms with Gasteiger partial charge in [0.2, 0.25) is 5.91 Å². The maximum atomic E-state index is 11.9. The van der Waals surface area contributed by atoms with Gasteiger partial charge in [0.25, 0.3) is 5.91 Å². The molecule has 1 aliphatic rings. The van der Waals surface area contributed by atoms with Gasteiger partial charge in [0.05, 0.1) is 0 Å². The molecule has 1 heterocycles. The van der Waals surface area contributed by atoms with E-state index in [9.17, 15) is 9.59 Å². The maximum absolute atomic E-state index is 11.9. The van der Waals surface area contributed by atoms with E-state index in [1.54, 1.807) is 6.92 Å². The van der Waals surface area contributed by atoms with Crippen molar-refractivity contribution in [1.29, 1.82) is 0 Å². The van der Waals surface area contributed by atoms with Gasteiger partial charge in [-0.05, 0) is 6.92 Å². The number of halogens is 1. The zero-order chi connectivity index (χ0) is 11.4. The minimum Gasteiger partial charge on any atom is -0.370 e. The van der Waals surface area contributed by atoms with E-state index in [1.807, 2.05) is 0 Å². The Labute approximate surface area is 101 Å². The third-order valence-corrected chi connectivity index (χ3v) is 2.56. The third kappa shape index (κ3) is 3.07. The summed E-state index contributed by atoms with van der Waals surface area (Å²) < 4.78 is 4.95. The summed E-state index contributed by atoms with van der Waals surface area (Å²) in [5.74, 6) is -0.358. The smallest absolute Gasteiger partial charge is 0.253 e. The van der Waals surface area contributed by atoms with Gasteiger partial charge in [0.15, 0.2) is 0 Å². The highest BCUT2D eigenvalue weighted by Crippen LogP contribution is 2.07. The number of piperazine rings is 1. The first-order chi connectivity index (χ1) is 7.11. The summed E-state index contributed by atoms with van der Waals surface area (Å²) in [5, 5.41) is 2.69. The number of methoxy groups -OCH3 is 1. The number of nitrogens with two attached hydrogens (primary N) is 1. The van der Waals surface area contributed by atoms with Crippen LogP contribution in [0.3, 0.4) is 0 Å². The van der Waals surface area contributed by atoms with Gasteiger partial charge in [-0.3, -0.25) is 9.59 Å². The number of hydrogen-bond acceptors (Lipinski definition) is 4. The third-order valence-electron chi connectivity index (χ3n) is 2.56. The zero-order valence-corrected chi connectivity index (χ0v) is 10.3. The topological polar surface area (TPSA) is 84.7 Å². The summed E-state index contributed by atoms with van der Waals surface area (Å²) in [4.78, 5) is 24.7. The molecule has 0 aromatic carbocycles. The van der Waals surface area contributed by atoms with Crippen LogP contribution in [0, 0.1) is 0 Å². The second-order valence-electron chi connectivity index (χ2n) is 3.46. The molecule has 7 heteroatoms. The van der Waals surface area contributed by atoms with Crippen LogP contribution in [0.5, 0.6) is 0 Å². The number of ether oxygens (including phenoxy) is 1. The van der Waals surface area contributed by atoms with Gasteiger partial charge in [-0.25, -0.2) is 0 Å². The van der Waals surface area contributed by atoms with Crippen molar-refractivity contribution >= 4 is 24.2 Å². The van der Waals surface area contributed by atoms with E-state index in [1.165, 1.54) is 12.0 Å².